The average molecular weight is 193 g/mol. The molecule has 3 nitrogen and oxygen atoms in total. The molecule has 2 aliphatic rings. The van der Waals surface area contributed by atoms with Gasteiger partial charge >= 0.3 is 0 Å². The second-order valence-corrected chi connectivity index (χ2v) is 4.40. The van der Waals surface area contributed by atoms with Crippen molar-refractivity contribution in [2.24, 2.45) is 27.6 Å². The smallest absolute Gasteiger partial charge is 0.0499 e. The quantitative estimate of drug-likeness (QED) is 0.670. The summed E-state index contributed by atoms with van der Waals surface area (Å²) in [6.07, 6.45) is 7.50. The molecule has 0 amide bonds. The lowest BCUT2D eigenvalue weighted by atomic mass is 9.76. The van der Waals surface area contributed by atoms with Crippen molar-refractivity contribution < 1.29 is 0 Å². The summed E-state index contributed by atoms with van der Waals surface area (Å²) in [7, 11) is 0. The summed E-state index contributed by atoms with van der Waals surface area (Å²) in [6, 6.07) is 0.607. The molecular weight excluding hydrogens is 174 g/mol. The van der Waals surface area contributed by atoms with Crippen LogP contribution in [0.2, 0.25) is 0 Å². The molecule has 0 aromatic rings. The minimum absolute atomic E-state index is 0.157. The highest BCUT2D eigenvalue weighted by Gasteiger charge is 2.32. The number of hydrogen-bond donors (Lipinski definition) is 1. The van der Waals surface area contributed by atoms with Crippen LogP contribution in [0.15, 0.2) is 9.98 Å². The Morgan fingerprint density at radius 3 is 2.86 bits per heavy atom. The summed E-state index contributed by atoms with van der Waals surface area (Å²) >= 11 is 0. The van der Waals surface area contributed by atoms with E-state index in [1.165, 1.54) is 6.42 Å². The van der Waals surface area contributed by atoms with E-state index in [1.807, 2.05) is 6.21 Å². The first-order chi connectivity index (χ1) is 6.79. The molecule has 3 heteroatoms. The van der Waals surface area contributed by atoms with E-state index >= 15 is 0 Å². The van der Waals surface area contributed by atoms with Crippen molar-refractivity contribution in [2.75, 3.05) is 6.54 Å². The fraction of sp³-hybridized carbons (Fsp3) is 0.818. The summed E-state index contributed by atoms with van der Waals surface area (Å²) in [5.74, 6) is 1.27. The van der Waals surface area contributed by atoms with Gasteiger partial charge in [-0.15, -0.1) is 0 Å². The minimum atomic E-state index is 0.157. The van der Waals surface area contributed by atoms with E-state index in [0.29, 0.717) is 17.9 Å². The molecule has 14 heavy (non-hydrogen) atoms. The second-order valence-electron chi connectivity index (χ2n) is 4.40. The Hall–Kier alpha value is -0.700. The zero-order valence-corrected chi connectivity index (χ0v) is 8.76. The molecule has 4 atom stereocenters. The first-order valence-corrected chi connectivity index (χ1v) is 5.56. The van der Waals surface area contributed by atoms with Gasteiger partial charge < -0.3 is 5.73 Å². The number of nitrogens with zero attached hydrogens (tertiary/aromatic N) is 2. The summed E-state index contributed by atoms with van der Waals surface area (Å²) < 4.78 is 0. The maximum absolute atomic E-state index is 6.07. The SMILES string of the molecule is CC1N=CCCC1C1CCN=CC1N. The van der Waals surface area contributed by atoms with Gasteiger partial charge in [0.25, 0.3) is 0 Å². The van der Waals surface area contributed by atoms with E-state index in [0.717, 1.165) is 19.4 Å². The molecule has 0 radical (unpaired) electrons. The summed E-state index contributed by atoms with van der Waals surface area (Å²) in [4.78, 5) is 8.74. The summed E-state index contributed by atoms with van der Waals surface area (Å²) in [6.45, 7) is 3.16. The van der Waals surface area contributed by atoms with Gasteiger partial charge in [-0.25, -0.2) is 0 Å². The van der Waals surface area contributed by atoms with Crippen molar-refractivity contribution in [3.05, 3.63) is 0 Å². The van der Waals surface area contributed by atoms with Crippen LogP contribution in [0.25, 0.3) is 0 Å². The number of rotatable bonds is 1. The zero-order valence-electron chi connectivity index (χ0n) is 8.76. The van der Waals surface area contributed by atoms with Gasteiger partial charge in [0.1, 0.15) is 0 Å². The van der Waals surface area contributed by atoms with E-state index in [9.17, 15) is 0 Å². The molecule has 0 spiro atoms. The highest BCUT2D eigenvalue weighted by Crippen LogP contribution is 2.31. The molecule has 78 valence electrons. The van der Waals surface area contributed by atoms with Crippen LogP contribution in [0.1, 0.15) is 26.2 Å². The summed E-state index contributed by atoms with van der Waals surface area (Å²) in [5, 5.41) is 0. The molecule has 2 heterocycles. The predicted octanol–water partition coefficient (Wildman–Crippen LogP) is 1.27. The molecule has 0 aromatic carbocycles. The van der Waals surface area contributed by atoms with Gasteiger partial charge in [0, 0.05) is 24.8 Å². The van der Waals surface area contributed by atoms with Gasteiger partial charge in [-0.2, -0.15) is 0 Å². The molecule has 0 saturated heterocycles. The highest BCUT2D eigenvalue weighted by atomic mass is 14.8. The van der Waals surface area contributed by atoms with Gasteiger partial charge in [0.15, 0.2) is 0 Å². The lowest BCUT2D eigenvalue weighted by Gasteiger charge is -2.35. The van der Waals surface area contributed by atoms with E-state index in [-0.39, 0.29) is 6.04 Å². The fourth-order valence-corrected chi connectivity index (χ4v) is 2.65. The monoisotopic (exact) mass is 193 g/mol. The Morgan fingerprint density at radius 1 is 1.29 bits per heavy atom. The van der Waals surface area contributed by atoms with Crippen LogP contribution in [0.5, 0.6) is 0 Å². The van der Waals surface area contributed by atoms with Gasteiger partial charge in [-0.05, 0) is 44.2 Å². The summed E-state index contributed by atoms with van der Waals surface area (Å²) in [5.41, 5.74) is 6.07. The van der Waals surface area contributed by atoms with Crippen LogP contribution < -0.4 is 5.73 Å². The lowest BCUT2D eigenvalue weighted by Crippen LogP contribution is -2.43. The Bertz CT molecular complexity index is 221. The van der Waals surface area contributed by atoms with Crippen LogP contribution >= 0.6 is 0 Å². The standard InChI is InChI=1S/C11H19N3/c1-8-9(3-2-5-14-8)10-4-6-13-7-11(10)12/h5,7-11H,2-4,6,12H2,1H3. The largest absolute Gasteiger partial charge is 0.323 e. The predicted molar refractivity (Wildman–Crippen MR) is 60.1 cm³/mol. The Morgan fingerprint density at radius 2 is 2.14 bits per heavy atom. The van der Waals surface area contributed by atoms with Crippen molar-refractivity contribution >= 4 is 12.4 Å². The first-order valence-electron chi connectivity index (χ1n) is 5.56. The van der Waals surface area contributed by atoms with Crippen LogP contribution in [0, 0.1) is 11.8 Å². The average Bonchev–Trinajstić information content (AvgIpc) is 2.20. The Balaban J connectivity index is 2.06. The molecule has 0 aromatic heterocycles. The third kappa shape index (κ3) is 1.87. The van der Waals surface area contributed by atoms with Crippen molar-refractivity contribution in [3.63, 3.8) is 0 Å². The molecule has 2 N–H and O–H groups in total. The zero-order chi connectivity index (χ0) is 9.97. The molecule has 2 aliphatic heterocycles. The maximum atomic E-state index is 6.07. The molecule has 0 saturated carbocycles. The highest BCUT2D eigenvalue weighted by molar-refractivity contribution is 5.65. The third-order valence-electron chi connectivity index (χ3n) is 3.50. The van der Waals surface area contributed by atoms with E-state index in [4.69, 9.17) is 5.73 Å². The minimum Gasteiger partial charge on any atom is -0.323 e. The van der Waals surface area contributed by atoms with Gasteiger partial charge in [-0.3, -0.25) is 9.98 Å². The van der Waals surface area contributed by atoms with E-state index < -0.39 is 0 Å². The van der Waals surface area contributed by atoms with Crippen LogP contribution in [0.4, 0.5) is 0 Å². The normalized spacial score (nSPS) is 42.7. The Labute approximate surface area is 85.5 Å². The molecular formula is C11H19N3. The van der Waals surface area contributed by atoms with Crippen molar-refractivity contribution in [1.29, 1.82) is 0 Å². The van der Waals surface area contributed by atoms with Crippen molar-refractivity contribution in [2.45, 2.75) is 38.3 Å². The van der Waals surface area contributed by atoms with E-state index in [2.05, 4.69) is 23.1 Å². The van der Waals surface area contributed by atoms with Gasteiger partial charge in [0.05, 0.1) is 0 Å². The van der Waals surface area contributed by atoms with Gasteiger partial charge in [-0.1, -0.05) is 0 Å². The molecule has 0 fully saturated rings. The van der Waals surface area contributed by atoms with Crippen LogP contribution in [-0.4, -0.2) is 31.1 Å². The van der Waals surface area contributed by atoms with Crippen molar-refractivity contribution in [1.82, 2.24) is 0 Å². The maximum Gasteiger partial charge on any atom is 0.0499 e. The van der Waals surface area contributed by atoms with Crippen molar-refractivity contribution in [3.8, 4) is 0 Å². The van der Waals surface area contributed by atoms with Crippen LogP contribution in [0.3, 0.4) is 0 Å². The molecule has 0 bridgehead atoms. The lowest BCUT2D eigenvalue weighted by molar-refractivity contribution is 0.243. The second kappa shape index (κ2) is 4.22. The molecule has 4 unspecified atom stereocenters. The number of nitrogens with two attached hydrogens (primary N) is 1. The number of aliphatic imine (C=N–C) groups is 2. The van der Waals surface area contributed by atoms with Gasteiger partial charge in [0.2, 0.25) is 0 Å². The fourth-order valence-electron chi connectivity index (χ4n) is 2.65. The number of hydrogen-bond acceptors (Lipinski definition) is 3. The Kier molecular flexibility index (Phi) is 2.96. The van der Waals surface area contributed by atoms with E-state index in [1.54, 1.807) is 0 Å². The third-order valence-corrected chi connectivity index (χ3v) is 3.50. The topological polar surface area (TPSA) is 50.7 Å². The first kappa shape index (κ1) is 9.84. The molecule has 0 aliphatic carbocycles. The molecule has 2 rings (SSSR count). The van der Waals surface area contributed by atoms with Crippen LogP contribution in [-0.2, 0) is 0 Å².